The number of carbonyl (C=O) groups is 2. The fraction of sp³-hybridized carbons (Fsp3) is 0.238. The van der Waals surface area contributed by atoms with Crippen molar-refractivity contribution in [2.75, 3.05) is 26.2 Å². The maximum Gasteiger partial charge on any atom is 0.257 e. The summed E-state index contributed by atoms with van der Waals surface area (Å²) >= 11 is 0. The van der Waals surface area contributed by atoms with Crippen molar-refractivity contribution in [2.24, 2.45) is 0 Å². The van der Waals surface area contributed by atoms with E-state index in [-0.39, 0.29) is 5.91 Å². The summed E-state index contributed by atoms with van der Waals surface area (Å²) in [5.74, 6) is 0.556. The molecular formula is C21H23NO5. The average Bonchev–Trinajstić information content (AvgIpc) is 2.66. The molecular weight excluding hydrogens is 346 g/mol. The Kier molecular flexibility index (Phi) is 6.60. The Balaban J connectivity index is 2.36. The largest absolute Gasteiger partial charge is 0.493 e. The summed E-state index contributed by atoms with van der Waals surface area (Å²) in [6, 6.07) is 10.6. The monoisotopic (exact) mass is 369 g/mol. The summed E-state index contributed by atoms with van der Waals surface area (Å²) in [5, 5.41) is 0. The van der Waals surface area contributed by atoms with E-state index in [1.54, 1.807) is 30.3 Å². The molecule has 0 aromatic heterocycles. The number of methoxy groups -OCH3 is 3. The molecule has 0 spiro atoms. The number of aryl methyl sites for hydroxylation is 1. The number of benzene rings is 2. The van der Waals surface area contributed by atoms with E-state index in [1.807, 2.05) is 19.1 Å². The lowest BCUT2D eigenvalue weighted by atomic mass is 10.1. The van der Waals surface area contributed by atoms with Crippen LogP contribution in [0.3, 0.4) is 0 Å². The molecule has 2 aromatic rings. The molecule has 0 aliphatic carbocycles. The number of ether oxygens (including phenoxy) is 3. The first-order valence-electron chi connectivity index (χ1n) is 8.31. The van der Waals surface area contributed by atoms with Crippen LogP contribution in [-0.4, -0.2) is 33.1 Å². The molecule has 0 atom stereocenters. The van der Waals surface area contributed by atoms with Gasteiger partial charge in [0.15, 0.2) is 11.5 Å². The summed E-state index contributed by atoms with van der Waals surface area (Å²) in [5.41, 5.74) is 2.18. The SMILES string of the molecule is COc1ccc(C=CC(=O)N(C(C)=O)c2ccc(C)cc2)c(OC)c1OC. The molecule has 2 aromatic carbocycles. The van der Waals surface area contributed by atoms with Gasteiger partial charge >= 0.3 is 0 Å². The first-order chi connectivity index (χ1) is 12.9. The normalized spacial score (nSPS) is 10.6. The van der Waals surface area contributed by atoms with Crippen molar-refractivity contribution in [2.45, 2.75) is 13.8 Å². The zero-order valence-electron chi connectivity index (χ0n) is 16.1. The number of rotatable bonds is 6. The van der Waals surface area contributed by atoms with Crippen LogP contribution >= 0.6 is 0 Å². The standard InChI is InChI=1S/C21H23NO5/c1-14-6-10-17(11-7-14)22(15(2)23)19(24)13-9-16-8-12-18(25-3)21(27-5)20(16)26-4/h6-13H,1-5H3. The van der Waals surface area contributed by atoms with Gasteiger partial charge in [0.2, 0.25) is 11.7 Å². The van der Waals surface area contributed by atoms with Gasteiger partial charge in [0.1, 0.15) is 0 Å². The van der Waals surface area contributed by atoms with E-state index in [9.17, 15) is 9.59 Å². The van der Waals surface area contributed by atoms with Gasteiger partial charge in [0.05, 0.1) is 27.0 Å². The number of amides is 2. The molecule has 0 bridgehead atoms. The summed E-state index contributed by atoms with van der Waals surface area (Å²) < 4.78 is 16.0. The van der Waals surface area contributed by atoms with Crippen molar-refractivity contribution in [3.63, 3.8) is 0 Å². The van der Waals surface area contributed by atoms with Crippen molar-refractivity contribution in [1.29, 1.82) is 0 Å². The van der Waals surface area contributed by atoms with E-state index < -0.39 is 5.91 Å². The highest BCUT2D eigenvalue weighted by Gasteiger charge is 2.19. The Hall–Kier alpha value is -3.28. The van der Waals surface area contributed by atoms with Gasteiger partial charge < -0.3 is 14.2 Å². The van der Waals surface area contributed by atoms with E-state index in [4.69, 9.17) is 14.2 Å². The van der Waals surface area contributed by atoms with Crippen LogP contribution in [-0.2, 0) is 9.59 Å². The van der Waals surface area contributed by atoms with Crippen LogP contribution in [0, 0.1) is 6.92 Å². The Bertz CT molecular complexity index is 856. The summed E-state index contributed by atoms with van der Waals surface area (Å²) in [7, 11) is 4.54. The van der Waals surface area contributed by atoms with E-state index >= 15 is 0 Å². The summed E-state index contributed by atoms with van der Waals surface area (Å²) in [6.07, 6.45) is 2.90. The molecule has 0 saturated carbocycles. The predicted octanol–water partition coefficient (Wildman–Crippen LogP) is 3.61. The third-order valence-electron chi connectivity index (χ3n) is 3.97. The van der Waals surface area contributed by atoms with Gasteiger partial charge in [-0.2, -0.15) is 0 Å². The molecule has 2 amide bonds. The molecule has 6 nitrogen and oxygen atoms in total. The minimum Gasteiger partial charge on any atom is -0.493 e. The van der Waals surface area contributed by atoms with Gasteiger partial charge in [-0.15, -0.1) is 0 Å². The second kappa shape index (κ2) is 8.89. The van der Waals surface area contributed by atoms with Gasteiger partial charge in [-0.3, -0.25) is 9.59 Å². The number of hydrogen-bond acceptors (Lipinski definition) is 5. The number of imide groups is 1. The van der Waals surface area contributed by atoms with Crippen LogP contribution in [0.25, 0.3) is 6.08 Å². The third kappa shape index (κ3) is 4.47. The lowest BCUT2D eigenvalue weighted by molar-refractivity contribution is -0.122. The second-order valence-electron chi connectivity index (χ2n) is 5.79. The number of nitrogens with zero attached hydrogens (tertiary/aromatic N) is 1. The van der Waals surface area contributed by atoms with Gasteiger partial charge in [0, 0.05) is 18.6 Å². The van der Waals surface area contributed by atoms with Crippen LogP contribution in [0.15, 0.2) is 42.5 Å². The Morgan fingerprint density at radius 3 is 2.04 bits per heavy atom. The molecule has 2 rings (SSSR count). The highest BCUT2D eigenvalue weighted by Crippen LogP contribution is 2.40. The molecule has 0 saturated heterocycles. The van der Waals surface area contributed by atoms with E-state index in [1.165, 1.54) is 34.3 Å². The van der Waals surface area contributed by atoms with Crippen LogP contribution in [0.2, 0.25) is 0 Å². The molecule has 142 valence electrons. The Morgan fingerprint density at radius 1 is 0.889 bits per heavy atom. The molecule has 0 radical (unpaired) electrons. The lowest BCUT2D eigenvalue weighted by Crippen LogP contribution is -2.33. The summed E-state index contributed by atoms with van der Waals surface area (Å²) in [6.45, 7) is 3.29. The van der Waals surface area contributed by atoms with Crippen molar-refractivity contribution < 1.29 is 23.8 Å². The predicted molar refractivity (Wildman–Crippen MR) is 104 cm³/mol. The quantitative estimate of drug-likeness (QED) is 0.728. The highest BCUT2D eigenvalue weighted by molar-refractivity contribution is 6.19. The number of carbonyl (C=O) groups excluding carboxylic acids is 2. The average molecular weight is 369 g/mol. The third-order valence-corrected chi connectivity index (χ3v) is 3.97. The molecule has 0 heterocycles. The van der Waals surface area contributed by atoms with Crippen molar-refractivity contribution in [1.82, 2.24) is 0 Å². The van der Waals surface area contributed by atoms with Gasteiger partial charge in [-0.25, -0.2) is 4.90 Å². The van der Waals surface area contributed by atoms with Crippen LogP contribution in [0.5, 0.6) is 17.2 Å². The van der Waals surface area contributed by atoms with Crippen LogP contribution in [0.1, 0.15) is 18.1 Å². The minimum absolute atomic E-state index is 0.368. The Morgan fingerprint density at radius 2 is 1.52 bits per heavy atom. The number of anilines is 1. The maximum atomic E-state index is 12.6. The zero-order valence-corrected chi connectivity index (χ0v) is 16.1. The highest BCUT2D eigenvalue weighted by atomic mass is 16.5. The molecule has 0 aliphatic heterocycles. The van der Waals surface area contributed by atoms with E-state index in [0.29, 0.717) is 28.5 Å². The Labute approximate surface area is 159 Å². The van der Waals surface area contributed by atoms with Gasteiger partial charge in [0.25, 0.3) is 5.91 Å². The minimum atomic E-state index is -0.455. The van der Waals surface area contributed by atoms with Gasteiger partial charge in [-0.05, 0) is 37.3 Å². The van der Waals surface area contributed by atoms with Crippen molar-refractivity contribution in [3.05, 3.63) is 53.6 Å². The van der Waals surface area contributed by atoms with Crippen molar-refractivity contribution in [3.8, 4) is 17.2 Å². The molecule has 6 heteroatoms. The first kappa shape index (κ1) is 20.0. The fourth-order valence-corrected chi connectivity index (χ4v) is 2.65. The molecule has 0 N–H and O–H groups in total. The maximum absolute atomic E-state index is 12.6. The van der Waals surface area contributed by atoms with Gasteiger partial charge in [-0.1, -0.05) is 17.7 Å². The first-order valence-corrected chi connectivity index (χ1v) is 8.31. The topological polar surface area (TPSA) is 65.1 Å². The van der Waals surface area contributed by atoms with E-state index in [2.05, 4.69) is 0 Å². The zero-order chi connectivity index (χ0) is 20.0. The number of hydrogen-bond donors (Lipinski definition) is 0. The van der Waals surface area contributed by atoms with Crippen LogP contribution in [0.4, 0.5) is 5.69 Å². The molecule has 27 heavy (non-hydrogen) atoms. The summed E-state index contributed by atoms with van der Waals surface area (Å²) in [4.78, 5) is 25.8. The smallest absolute Gasteiger partial charge is 0.257 e. The van der Waals surface area contributed by atoms with E-state index in [0.717, 1.165) is 10.5 Å². The lowest BCUT2D eigenvalue weighted by Gasteiger charge is -2.18. The molecule has 0 fully saturated rings. The molecule has 0 aliphatic rings. The fourth-order valence-electron chi connectivity index (χ4n) is 2.65. The second-order valence-corrected chi connectivity index (χ2v) is 5.79. The van der Waals surface area contributed by atoms with Crippen molar-refractivity contribution >= 4 is 23.6 Å². The van der Waals surface area contributed by atoms with Crippen LogP contribution < -0.4 is 19.1 Å². The molecule has 0 unspecified atom stereocenters.